The number of rotatable bonds is 4. The third-order valence-corrected chi connectivity index (χ3v) is 4.21. The molecule has 0 radical (unpaired) electrons. The van der Waals surface area contributed by atoms with Gasteiger partial charge >= 0.3 is 0 Å². The summed E-state index contributed by atoms with van der Waals surface area (Å²) in [5, 5.41) is 13.3. The predicted molar refractivity (Wildman–Crippen MR) is 90.6 cm³/mol. The molecular weight excluding hydrogens is 431 g/mol. The molecule has 0 atom stereocenters. The lowest BCUT2D eigenvalue weighted by atomic mass is 10.1. The van der Waals surface area contributed by atoms with Crippen molar-refractivity contribution in [1.82, 2.24) is 20.2 Å². The van der Waals surface area contributed by atoms with Crippen LogP contribution in [0.15, 0.2) is 42.7 Å². The number of benzene rings is 2. The van der Waals surface area contributed by atoms with Gasteiger partial charge in [-0.25, -0.2) is 13.5 Å². The standard InChI is InChI=1S/C15H10F2IN5O/c16-12-6-10(7-13(17)15(12)18)20-14(24)5-9-1-3-11(4-2-9)23-8-19-21-22-23/h1-4,6-8H,5H2,(H,20,24). The van der Waals surface area contributed by atoms with E-state index in [4.69, 9.17) is 0 Å². The van der Waals surface area contributed by atoms with Crippen LogP contribution in [0.2, 0.25) is 0 Å². The first-order chi connectivity index (χ1) is 11.5. The van der Waals surface area contributed by atoms with Crippen LogP contribution in [-0.2, 0) is 11.2 Å². The summed E-state index contributed by atoms with van der Waals surface area (Å²) in [4.78, 5) is 12.0. The number of amides is 1. The molecular formula is C15H10F2IN5O. The number of tetrazole rings is 1. The Labute approximate surface area is 149 Å². The normalized spacial score (nSPS) is 10.6. The molecule has 1 N–H and O–H groups in total. The Bertz CT molecular complexity index is 845. The zero-order valence-corrected chi connectivity index (χ0v) is 14.2. The third-order valence-electron chi connectivity index (χ3n) is 3.18. The summed E-state index contributed by atoms with van der Waals surface area (Å²) in [6.45, 7) is 0. The van der Waals surface area contributed by atoms with E-state index in [2.05, 4.69) is 20.8 Å². The second-order valence-corrected chi connectivity index (χ2v) is 5.98. The fourth-order valence-corrected chi connectivity index (χ4v) is 2.38. The van der Waals surface area contributed by atoms with Crippen molar-refractivity contribution in [2.45, 2.75) is 6.42 Å². The maximum atomic E-state index is 13.5. The van der Waals surface area contributed by atoms with Crippen LogP contribution in [0, 0.1) is 15.2 Å². The molecule has 24 heavy (non-hydrogen) atoms. The summed E-state index contributed by atoms with van der Waals surface area (Å²) in [5.74, 6) is -1.79. The van der Waals surface area contributed by atoms with Crippen molar-refractivity contribution >= 4 is 34.2 Å². The lowest BCUT2D eigenvalue weighted by Crippen LogP contribution is -2.15. The number of nitrogens with zero attached hydrogens (tertiary/aromatic N) is 4. The Kier molecular flexibility index (Phi) is 4.79. The van der Waals surface area contributed by atoms with Crippen LogP contribution in [0.3, 0.4) is 0 Å². The number of nitrogens with one attached hydrogen (secondary N) is 1. The number of hydrogen-bond acceptors (Lipinski definition) is 4. The lowest BCUT2D eigenvalue weighted by Gasteiger charge is -2.07. The van der Waals surface area contributed by atoms with Gasteiger partial charge in [0.05, 0.1) is 15.7 Å². The topological polar surface area (TPSA) is 72.7 Å². The number of halogens is 3. The fourth-order valence-electron chi connectivity index (χ4n) is 2.06. The Morgan fingerprint density at radius 1 is 1.17 bits per heavy atom. The molecule has 0 aliphatic rings. The molecule has 3 aromatic rings. The first kappa shape index (κ1) is 16.4. The van der Waals surface area contributed by atoms with E-state index >= 15 is 0 Å². The molecule has 0 unspecified atom stereocenters. The molecule has 1 aromatic heterocycles. The molecule has 2 aromatic carbocycles. The van der Waals surface area contributed by atoms with Crippen LogP contribution in [-0.4, -0.2) is 26.1 Å². The third kappa shape index (κ3) is 3.72. The van der Waals surface area contributed by atoms with E-state index in [1.165, 1.54) is 11.0 Å². The smallest absolute Gasteiger partial charge is 0.228 e. The number of carbonyl (C=O) groups is 1. The van der Waals surface area contributed by atoms with Crippen LogP contribution < -0.4 is 5.32 Å². The summed E-state index contributed by atoms with van der Waals surface area (Å²) in [6.07, 6.45) is 1.53. The quantitative estimate of drug-likeness (QED) is 0.500. The van der Waals surface area contributed by atoms with Crippen molar-refractivity contribution < 1.29 is 13.6 Å². The highest BCUT2D eigenvalue weighted by Crippen LogP contribution is 2.20. The van der Waals surface area contributed by atoms with Gasteiger partial charge in [-0.1, -0.05) is 12.1 Å². The van der Waals surface area contributed by atoms with E-state index in [1.807, 2.05) is 0 Å². The molecule has 122 valence electrons. The van der Waals surface area contributed by atoms with Gasteiger partial charge in [-0.05, 0) is 62.8 Å². The number of aromatic nitrogens is 4. The van der Waals surface area contributed by atoms with Gasteiger partial charge in [0, 0.05) is 5.69 Å². The van der Waals surface area contributed by atoms with E-state index in [0.29, 0.717) is 0 Å². The Morgan fingerprint density at radius 3 is 2.42 bits per heavy atom. The number of anilines is 1. The molecule has 6 nitrogen and oxygen atoms in total. The number of carbonyl (C=O) groups excluding carboxylic acids is 1. The summed E-state index contributed by atoms with van der Waals surface area (Å²) in [5.41, 5.74) is 1.59. The summed E-state index contributed by atoms with van der Waals surface area (Å²) in [6, 6.07) is 9.22. The van der Waals surface area contributed by atoms with Gasteiger partial charge in [-0.15, -0.1) is 5.10 Å². The van der Waals surface area contributed by atoms with Crippen LogP contribution in [0.4, 0.5) is 14.5 Å². The van der Waals surface area contributed by atoms with Gasteiger partial charge in [0.15, 0.2) is 0 Å². The number of hydrogen-bond donors (Lipinski definition) is 1. The van der Waals surface area contributed by atoms with Gasteiger partial charge in [0.1, 0.15) is 18.0 Å². The minimum Gasteiger partial charge on any atom is -0.326 e. The summed E-state index contributed by atoms with van der Waals surface area (Å²) >= 11 is 1.57. The van der Waals surface area contributed by atoms with Gasteiger partial charge < -0.3 is 5.32 Å². The molecule has 0 bridgehead atoms. The minimum atomic E-state index is -0.711. The minimum absolute atomic E-state index is 0.0745. The SMILES string of the molecule is O=C(Cc1ccc(-n2cnnn2)cc1)Nc1cc(F)c(I)c(F)c1. The molecule has 3 rings (SSSR count). The second-order valence-electron chi connectivity index (χ2n) is 4.90. The van der Waals surface area contributed by atoms with Crippen molar-refractivity contribution in [1.29, 1.82) is 0 Å². The molecule has 0 aliphatic heterocycles. The summed E-state index contributed by atoms with van der Waals surface area (Å²) < 4.78 is 28.3. The average molecular weight is 441 g/mol. The van der Waals surface area contributed by atoms with Gasteiger partial charge in [0.25, 0.3) is 0 Å². The van der Waals surface area contributed by atoms with Crippen LogP contribution in [0.1, 0.15) is 5.56 Å². The maximum absolute atomic E-state index is 13.5. The fraction of sp³-hybridized carbons (Fsp3) is 0.0667. The van der Waals surface area contributed by atoms with E-state index < -0.39 is 11.6 Å². The summed E-state index contributed by atoms with van der Waals surface area (Å²) in [7, 11) is 0. The maximum Gasteiger partial charge on any atom is 0.228 e. The molecule has 0 spiro atoms. The van der Waals surface area contributed by atoms with E-state index in [1.54, 1.807) is 46.9 Å². The van der Waals surface area contributed by atoms with Crippen molar-refractivity contribution in [2.75, 3.05) is 5.32 Å². The zero-order chi connectivity index (χ0) is 17.1. The van der Waals surface area contributed by atoms with E-state index in [9.17, 15) is 13.6 Å². The Hall–Kier alpha value is -2.43. The van der Waals surface area contributed by atoms with Crippen LogP contribution in [0.25, 0.3) is 5.69 Å². The van der Waals surface area contributed by atoms with Crippen molar-refractivity contribution in [3.8, 4) is 5.69 Å². The van der Waals surface area contributed by atoms with Gasteiger partial charge in [0.2, 0.25) is 5.91 Å². The highest BCUT2D eigenvalue weighted by molar-refractivity contribution is 14.1. The molecule has 0 fully saturated rings. The molecule has 9 heteroatoms. The Balaban J connectivity index is 1.67. The largest absolute Gasteiger partial charge is 0.326 e. The predicted octanol–water partition coefficient (Wildman–Crippen LogP) is 2.73. The Morgan fingerprint density at radius 2 is 1.83 bits per heavy atom. The van der Waals surface area contributed by atoms with Crippen LogP contribution in [0.5, 0.6) is 0 Å². The lowest BCUT2D eigenvalue weighted by molar-refractivity contribution is -0.115. The van der Waals surface area contributed by atoms with E-state index in [0.717, 1.165) is 23.4 Å². The van der Waals surface area contributed by atoms with E-state index in [-0.39, 0.29) is 21.6 Å². The van der Waals surface area contributed by atoms with Crippen molar-refractivity contribution in [2.24, 2.45) is 0 Å². The monoisotopic (exact) mass is 441 g/mol. The molecule has 0 saturated heterocycles. The first-order valence-electron chi connectivity index (χ1n) is 6.79. The second kappa shape index (κ2) is 6.99. The first-order valence-corrected chi connectivity index (χ1v) is 7.87. The van der Waals surface area contributed by atoms with Gasteiger partial charge in [-0.3, -0.25) is 4.79 Å². The molecule has 0 saturated carbocycles. The average Bonchev–Trinajstić information content (AvgIpc) is 3.07. The molecule has 1 amide bonds. The molecule has 1 heterocycles. The highest BCUT2D eigenvalue weighted by Gasteiger charge is 2.11. The van der Waals surface area contributed by atoms with Crippen molar-refractivity contribution in [3.05, 3.63) is 63.5 Å². The van der Waals surface area contributed by atoms with Gasteiger partial charge in [-0.2, -0.15) is 0 Å². The van der Waals surface area contributed by atoms with Crippen molar-refractivity contribution in [3.63, 3.8) is 0 Å². The zero-order valence-electron chi connectivity index (χ0n) is 12.1. The van der Waals surface area contributed by atoms with Crippen LogP contribution >= 0.6 is 22.6 Å². The highest BCUT2D eigenvalue weighted by atomic mass is 127. The molecule has 0 aliphatic carbocycles.